The average Bonchev–Trinajstić information content (AvgIpc) is 2.37. The Morgan fingerprint density at radius 2 is 1.94 bits per heavy atom. The van der Waals surface area contributed by atoms with Crippen molar-refractivity contribution in [1.82, 2.24) is 15.0 Å². The lowest BCUT2D eigenvalue weighted by Crippen LogP contribution is -1.91. The van der Waals surface area contributed by atoms with Gasteiger partial charge >= 0.3 is 0 Å². The van der Waals surface area contributed by atoms with Gasteiger partial charge in [-0.1, -0.05) is 18.2 Å². The number of benzene rings is 1. The van der Waals surface area contributed by atoms with Crippen LogP contribution < -0.4 is 0 Å². The summed E-state index contributed by atoms with van der Waals surface area (Å²) in [7, 11) is 0. The molecule has 0 spiro atoms. The van der Waals surface area contributed by atoms with Crippen molar-refractivity contribution >= 4 is 22.5 Å². The monoisotopic (exact) mass is 255 g/mol. The molecule has 1 aromatic carbocycles. The van der Waals surface area contributed by atoms with Gasteiger partial charge in [0.05, 0.1) is 11.2 Å². The van der Waals surface area contributed by atoms with E-state index in [-0.39, 0.29) is 5.28 Å². The molecule has 2 aromatic heterocycles. The van der Waals surface area contributed by atoms with Crippen molar-refractivity contribution in [3.05, 3.63) is 53.6 Å². The van der Waals surface area contributed by atoms with Gasteiger partial charge in [-0.2, -0.15) is 0 Å². The highest BCUT2D eigenvalue weighted by Crippen LogP contribution is 2.23. The fraction of sp³-hybridized carbons (Fsp3) is 0.0714. The van der Waals surface area contributed by atoms with E-state index >= 15 is 0 Å². The maximum absolute atomic E-state index is 5.88. The number of halogens is 1. The molecule has 2 heterocycles. The Balaban J connectivity index is 2.19. The third-order valence-corrected chi connectivity index (χ3v) is 2.90. The van der Waals surface area contributed by atoms with E-state index in [2.05, 4.69) is 15.0 Å². The summed E-state index contributed by atoms with van der Waals surface area (Å²) in [5.41, 5.74) is 3.61. The lowest BCUT2D eigenvalue weighted by molar-refractivity contribution is 1.11. The summed E-state index contributed by atoms with van der Waals surface area (Å²) in [5, 5.41) is 1.38. The number of fused-ring (bicyclic) bond motifs is 1. The first-order valence-electron chi connectivity index (χ1n) is 5.59. The van der Waals surface area contributed by atoms with E-state index < -0.39 is 0 Å². The van der Waals surface area contributed by atoms with Gasteiger partial charge < -0.3 is 0 Å². The fourth-order valence-electron chi connectivity index (χ4n) is 1.91. The number of nitrogens with zero attached hydrogens (tertiary/aromatic N) is 3. The predicted octanol–water partition coefficient (Wildman–Crippen LogP) is 3.65. The van der Waals surface area contributed by atoms with Gasteiger partial charge in [0.25, 0.3) is 0 Å². The zero-order valence-corrected chi connectivity index (χ0v) is 10.5. The van der Waals surface area contributed by atoms with Crippen LogP contribution in [0.3, 0.4) is 0 Å². The zero-order chi connectivity index (χ0) is 12.5. The van der Waals surface area contributed by atoms with Crippen LogP contribution in [-0.2, 0) is 0 Å². The highest BCUT2D eigenvalue weighted by Gasteiger charge is 2.04. The van der Waals surface area contributed by atoms with E-state index in [0.29, 0.717) is 0 Å². The van der Waals surface area contributed by atoms with Gasteiger partial charge in [-0.15, -0.1) is 0 Å². The summed E-state index contributed by atoms with van der Waals surface area (Å²) in [6, 6.07) is 11.9. The topological polar surface area (TPSA) is 38.7 Å². The molecule has 4 heteroatoms. The molecule has 3 aromatic rings. The molecule has 0 aliphatic rings. The highest BCUT2D eigenvalue weighted by atomic mass is 35.5. The number of hydrogen-bond acceptors (Lipinski definition) is 3. The summed E-state index contributed by atoms with van der Waals surface area (Å²) in [4.78, 5) is 12.6. The van der Waals surface area contributed by atoms with Gasteiger partial charge in [0, 0.05) is 22.8 Å². The maximum Gasteiger partial charge on any atom is 0.223 e. The van der Waals surface area contributed by atoms with E-state index in [9.17, 15) is 0 Å². The smallest absolute Gasteiger partial charge is 0.223 e. The Labute approximate surface area is 109 Å². The van der Waals surface area contributed by atoms with Crippen LogP contribution >= 0.6 is 11.6 Å². The first kappa shape index (κ1) is 11.1. The molecule has 0 amide bonds. The Kier molecular flexibility index (Phi) is 2.68. The predicted molar refractivity (Wildman–Crippen MR) is 72.5 cm³/mol. The molecule has 0 aliphatic heterocycles. The first-order chi connectivity index (χ1) is 8.72. The minimum Gasteiger partial charge on any atom is -0.256 e. The molecule has 0 fully saturated rings. The molecule has 0 unspecified atom stereocenters. The molecule has 0 atom stereocenters. The van der Waals surface area contributed by atoms with E-state index in [1.807, 2.05) is 43.3 Å². The summed E-state index contributed by atoms with van der Waals surface area (Å²) in [6.45, 7) is 1.90. The first-order valence-corrected chi connectivity index (χ1v) is 5.96. The fourth-order valence-corrected chi connectivity index (χ4v) is 2.13. The van der Waals surface area contributed by atoms with Crippen LogP contribution in [-0.4, -0.2) is 15.0 Å². The molecular formula is C14H10ClN3. The zero-order valence-electron chi connectivity index (χ0n) is 9.76. The van der Waals surface area contributed by atoms with Gasteiger partial charge in [0.1, 0.15) is 0 Å². The number of pyridine rings is 1. The van der Waals surface area contributed by atoms with Crippen molar-refractivity contribution in [3.8, 4) is 11.3 Å². The van der Waals surface area contributed by atoms with Crippen LogP contribution in [0.15, 0.2) is 42.6 Å². The second kappa shape index (κ2) is 4.35. The van der Waals surface area contributed by atoms with Gasteiger partial charge in [-0.3, -0.25) is 4.98 Å². The summed E-state index contributed by atoms with van der Waals surface area (Å²) < 4.78 is 0. The van der Waals surface area contributed by atoms with Gasteiger partial charge in [-0.25, -0.2) is 9.97 Å². The summed E-state index contributed by atoms with van der Waals surface area (Å²) >= 11 is 5.88. The number of hydrogen-bond donors (Lipinski definition) is 0. The highest BCUT2D eigenvalue weighted by molar-refractivity contribution is 6.28. The quantitative estimate of drug-likeness (QED) is 0.623. The third-order valence-electron chi connectivity index (χ3n) is 2.73. The second-order valence-electron chi connectivity index (χ2n) is 4.07. The van der Waals surface area contributed by atoms with Gasteiger partial charge in [0.15, 0.2) is 0 Å². The molecule has 88 valence electrons. The number of aryl methyl sites for hydroxylation is 1. The molecule has 3 nitrogen and oxygen atoms in total. The summed E-state index contributed by atoms with van der Waals surface area (Å²) in [5.74, 6) is 0. The minimum atomic E-state index is 0.270. The van der Waals surface area contributed by atoms with Crippen molar-refractivity contribution in [2.45, 2.75) is 6.92 Å². The largest absolute Gasteiger partial charge is 0.256 e. The molecule has 0 saturated carbocycles. The van der Waals surface area contributed by atoms with Crippen LogP contribution in [0.25, 0.3) is 22.2 Å². The van der Waals surface area contributed by atoms with Crippen LogP contribution in [0.5, 0.6) is 0 Å². The van der Waals surface area contributed by atoms with Crippen LogP contribution in [0.1, 0.15) is 5.69 Å². The second-order valence-corrected chi connectivity index (χ2v) is 4.41. The van der Waals surface area contributed by atoms with E-state index in [1.165, 1.54) is 0 Å². The molecule has 0 radical (unpaired) electrons. The standard InChI is InChI=1S/C14H10ClN3/c1-9-7-13(18-14(15)17-9)11-5-4-10-3-2-6-16-12(10)8-11/h2-8H,1H3. The molecule has 0 bridgehead atoms. The molecule has 3 rings (SSSR count). The molecule has 0 aliphatic carbocycles. The van der Waals surface area contributed by atoms with E-state index in [1.54, 1.807) is 6.20 Å². The minimum absolute atomic E-state index is 0.270. The van der Waals surface area contributed by atoms with Crippen molar-refractivity contribution in [3.63, 3.8) is 0 Å². The molecule has 0 saturated heterocycles. The average molecular weight is 256 g/mol. The Bertz CT molecular complexity index is 705. The van der Waals surface area contributed by atoms with Crippen molar-refractivity contribution in [1.29, 1.82) is 0 Å². The van der Waals surface area contributed by atoms with Gasteiger partial charge in [0.2, 0.25) is 5.28 Å². The summed E-state index contributed by atoms with van der Waals surface area (Å²) in [6.07, 6.45) is 1.78. The number of aromatic nitrogens is 3. The molecule has 18 heavy (non-hydrogen) atoms. The number of rotatable bonds is 1. The third kappa shape index (κ3) is 2.05. The van der Waals surface area contributed by atoms with E-state index in [4.69, 9.17) is 11.6 Å². The van der Waals surface area contributed by atoms with Crippen molar-refractivity contribution < 1.29 is 0 Å². The Morgan fingerprint density at radius 3 is 2.78 bits per heavy atom. The SMILES string of the molecule is Cc1cc(-c2ccc3cccnc3c2)nc(Cl)n1. The molecule has 0 N–H and O–H groups in total. The van der Waals surface area contributed by atoms with Crippen molar-refractivity contribution in [2.75, 3.05) is 0 Å². The van der Waals surface area contributed by atoms with Crippen LogP contribution in [0, 0.1) is 6.92 Å². The maximum atomic E-state index is 5.88. The lowest BCUT2D eigenvalue weighted by Gasteiger charge is -2.04. The van der Waals surface area contributed by atoms with Crippen LogP contribution in [0.2, 0.25) is 5.28 Å². The normalized spacial score (nSPS) is 10.8. The molecular weight excluding hydrogens is 246 g/mol. The lowest BCUT2D eigenvalue weighted by atomic mass is 10.1. The van der Waals surface area contributed by atoms with Gasteiger partial charge in [-0.05, 0) is 36.7 Å². The Morgan fingerprint density at radius 1 is 1.06 bits per heavy atom. The van der Waals surface area contributed by atoms with Crippen molar-refractivity contribution in [2.24, 2.45) is 0 Å². The van der Waals surface area contributed by atoms with Crippen LogP contribution in [0.4, 0.5) is 0 Å². The van der Waals surface area contributed by atoms with E-state index in [0.717, 1.165) is 27.9 Å². The Hall–Kier alpha value is -2.00.